The lowest BCUT2D eigenvalue weighted by Gasteiger charge is -2.52. The predicted octanol–water partition coefficient (Wildman–Crippen LogP) is 5.35. The monoisotopic (exact) mass is 370 g/mol. The van der Waals surface area contributed by atoms with Crippen molar-refractivity contribution in [2.45, 2.75) is 84.3 Å². The molecule has 5 rings (SSSR count). The van der Waals surface area contributed by atoms with Crippen LogP contribution in [0.5, 0.6) is 0 Å². The van der Waals surface area contributed by atoms with E-state index in [1.165, 1.54) is 19.3 Å². The standard InChI is InChI=1S/C24H34O3/c1-4-23(16(2)25)11-9-21-20-6-5-17-15-24(26-13-14-27-24)12-8-18(17)19(20)7-10-22(21,23)3/h7,20-21H,4-6,8-15H2,1-3H3/t20-,21+,22+,23-/m1/s1. The van der Waals surface area contributed by atoms with Gasteiger partial charge in [0.15, 0.2) is 5.79 Å². The first-order valence-corrected chi connectivity index (χ1v) is 11.1. The minimum absolute atomic E-state index is 0.101. The summed E-state index contributed by atoms with van der Waals surface area (Å²) in [5.41, 5.74) is 4.92. The van der Waals surface area contributed by atoms with Crippen LogP contribution in [-0.2, 0) is 14.3 Å². The summed E-state index contributed by atoms with van der Waals surface area (Å²) in [4.78, 5) is 12.7. The van der Waals surface area contributed by atoms with Gasteiger partial charge in [-0.3, -0.25) is 4.79 Å². The average molecular weight is 371 g/mol. The lowest BCUT2D eigenvalue weighted by molar-refractivity contribution is -0.164. The molecule has 27 heavy (non-hydrogen) atoms. The third-order valence-corrected chi connectivity index (χ3v) is 9.29. The van der Waals surface area contributed by atoms with E-state index in [9.17, 15) is 4.79 Å². The molecule has 0 aromatic carbocycles. The lowest BCUT2D eigenvalue weighted by Crippen LogP contribution is -2.48. The zero-order chi connectivity index (χ0) is 18.9. The van der Waals surface area contributed by atoms with Gasteiger partial charge in [0.2, 0.25) is 0 Å². The minimum atomic E-state index is -0.311. The van der Waals surface area contributed by atoms with E-state index in [4.69, 9.17) is 9.47 Å². The number of Topliss-reactive ketones (excluding diaryl/α,β-unsaturated/α-hetero) is 1. The Labute approximate surface area is 163 Å². The fourth-order valence-corrected chi connectivity index (χ4v) is 7.83. The summed E-state index contributed by atoms with van der Waals surface area (Å²) in [7, 11) is 0. The number of ether oxygens (including phenoxy) is 2. The van der Waals surface area contributed by atoms with Gasteiger partial charge in [-0.2, -0.15) is 0 Å². The van der Waals surface area contributed by atoms with Crippen LogP contribution in [0.4, 0.5) is 0 Å². The number of ketones is 1. The van der Waals surface area contributed by atoms with Gasteiger partial charge in [-0.15, -0.1) is 0 Å². The van der Waals surface area contributed by atoms with Crippen LogP contribution in [0.2, 0.25) is 0 Å². The van der Waals surface area contributed by atoms with E-state index in [-0.39, 0.29) is 16.6 Å². The summed E-state index contributed by atoms with van der Waals surface area (Å²) in [6.07, 6.45) is 12.5. The molecule has 1 saturated carbocycles. The third kappa shape index (κ3) is 2.31. The largest absolute Gasteiger partial charge is 0.347 e. The molecule has 5 aliphatic rings. The Kier molecular flexibility index (Phi) is 4.05. The number of hydrogen-bond donors (Lipinski definition) is 0. The molecule has 0 amide bonds. The molecule has 0 bridgehead atoms. The number of allylic oxidation sites excluding steroid dienone is 3. The van der Waals surface area contributed by atoms with E-state index in [1.54, 1.807) is 16.7 Å². The number of rotatable bonds is 2. The van der Waals surface area contributed by atoms with Crippen molar-refractivity contribution in [1.29, 1.82) is 0 Å². The van der Waals surface area contributed by atoms with Crippen LogP contribution < -0.4 is 0 Å². The van der Waals surface area contributed by atoms with Gasteiger partial charge < -0.3 is 9.47 Å². The van der Waals surface area contributed by atoms with Crippen molar-refractivity contribution in [1.82, 2.24) is 0 Å². The van der Waals surface area contributed by atoms with Gasteiger partial charge in [0, 0.05) is 18.3 Å². The van der Waals surface area contributed by atoms with Crippen molar-refractivity contribution in [2.24, 2.45) is 22.7 Å². The molecule has 148 valence electrons. The molecule has 2 fully saturated rings. The maximum atomic E-state index is 12.7. The maximum Gasteiger partial charge on any atom is 0.172 e. The molecule has 0 unspecified atom stereocenters. The van der Waals surface area contributed by atoms with Crippen molar-refractivity contribution < 1.29 is 14.3 Å². The van der Waals surface area contributed by atoms with Crippen molar-refractivity contribution in [3.8, 4) is 0 Å². The Morgan fingerprint density at radius 3 is 2.67 bits per heavy atom. The SMILES string of the molecule is CC[C@]1(C(C)=O)CC[C@H]2[C@@H]3CCC4=C(CCC5(C4)OCCO5)C3=CC[C@@]21C. The van der Waals surface area contributed by atoms with E-state index in [0.717, 1.165) is 51.7 Å². The average Bonchev–Trinajstić information content (AvgIpc) is 3.23. The van der Waals surface area contributed by atoms with Crippen molar-refractivity contribution >= 4 is 5.78 Å². The van der Waals surface area contributed by atoms with Gasteiger partial charge >= 0.3 is 0 Å². The van der Waals surface area contributed by atoms with Crippen molar-refractivity contribution in [3.63, 3.8) is 0 Å². The van der Waals surface area contributed by atoms with Gasteiger partial charge in [0.05, 0.1) is 13.2 Å². The van der Waals surface area contributed by atoms with Crippen molar-refractivity contribution in [2.75, 3.05) is 13.2 Å². The van der Waals surface area contributed by atoms with E-state index in [2.05, 4.69) is 19.9 Å². The molecule has 1 saturated heterocycles. The second kappa shape index (κ2) is 6.03. The van der Waals surface area contributed by atoms with Crippen LogP contribution in [0, 0.1) is 22.7 Å². The summed E-state index contributed by atoms with van der Waals surface area (Å²) in [6.45, 7) is 8.01. The van der Waals surface area contributed by atoms with Gasteiger partial charge in [-0.1, -0.05) is 25.5 Å². The first-order chi connectivity index (χ1) is 12.9. The van der Waals surface area contributed by atoms with E-state index in [1.807, 2.05) is 6.92 Å². The van der Waals surface area contributed by atoms with Crippen LogP contribution >= 0.6 is 0 Å². The molecule has 4 aliphatic carbocycles. The molecule has 1 heterocycles. The Hall–Kier alpha value is -0.930. The predicted molar refractivity (Wildman–Crippen MR) is 105 cm³/mol. The second-order valence-electron chi connectivity index (χ2n) is 9.93. The Balaban J connectivity index is 1.49. The molecule has 1 aliphatic heterocycles. The highest BCUT2D eigenvalue weighted by Gasteiger charge is 2.61. The zero-order valence-corrected chi connectivity index (χ0v) is 17.2. The van der Waals surface area contributed by atoms with E-state index in [0.29, 0.717) is 17.6 Å². The summed E-state index contributed by atoms with van der Waals surface area (Å²) in [5, 5.41) is 0. The van der Waals surface area contributed by atoms with Crippen LogP contribution in [0.1, 0.15) is 78.6 Å². The molecule has 0 aromatic heterocycles. The van der Waals surface area contributed by atoms with Gasteiger partial charge in [0.25, 0.3) is 0 Å². The maximum absolute atomic E-state index is 12.7. The molecular weight excluding hydrogens is 336 g/mol. The Morgan fingerprint density at radius 2 is 1.96 bits per heavy atom. The normalized spacial score (nSPS) is 42.6. The molecule has 3 nitrogen and oxygen atoms in total. The number of carbonyl (C=O) groups is 1. The third-order valence-electron chi connectivity index (χ3n) is 9.29. The summed E-state index contributed by atoms with van der Waals surface area (Å²) >= 11 is 0. The number of fused-ring (bicyclic) bond motifs is 4. The van der Waals surface area contributed by atoms with Gasteiger partial charge in [-0.05, 0) is 80.3 Å². The minimum Gasteiger partial charge on any atom is -0.347 e. The summed E-state index contributed by atoms with van der Waals surface area (Å²) in [6, 6.07) is 0. The Morgan fingerprint density at radius 1 is 1.19 bits per heavy atom. The number of hydrogen-bond acceptors (Lipinski definition) is 3. The topological polar surface area (TPSA) is 35.5 Å². The molecule has 1 spiro atoms. The van der Waals surface area contributed by atoms with Crippen molar-refractivity contribution in [3.05, 3.63) is 22.8 Å². The molecule has 0 radical (unpaired) electrons. The zero-order valence-electron chi connectivity index (χ0n) is 17.2. The van der Waals surface area contributed by atoms with Gasteiger partial charge in [-0.25, -0.2) is 0 Å². The van der Waals surface area contributed by atoms with E-state index >= 15 is 0 Å². The fourth-order valence-electron chi connectivity index (χ4n) is 7.83. The summed E-state index contributed by atoms with van der Waals surface area (Å²) < 4.78 is 12.0. The van der Waals surface area contributed by atoms with Crippen LogP contribution in [0.15, 0.2) is 22.8 Å². The lowest BCUT2D eigenvalue weighted by atomic mass is 9.52. The summed E-state index contributed by atoms with van der Waals surface area (Å²) in [5.74, 6) is 1.45. The molecule has 3 heteroatoms. The molecule has 4 atom stereocenters. The molecule has 0 N–H and O–H groups in total. The highest BCUT2D eigenvalue weighted by molar-refractivity contribution is 5.84. The Bertz CT molecular complexity index is 726. The van der Waals surface area contributed by atoms with Crippen LogP contribution in [0.25, 0.3) is 0 Å². The highest BCUT2D eigenvalue weighted by Crippen LogP contribution is 2.67. The second-order valence-corrected chi connectivity index (χ2v) is 9.93. The van der Waals surface area contributed by atoms with Crippen LogP contribution in [-0.4, -0.2) is 24.8 Å². The quantitative estimate of drug-likeness (QED) is 0.657. The first kappa shape index (κ1) is 18.1. The fraction of sp³-hybridized carbons (Fsp3) is 0.792. The molecular formula is C24H34O3. The first-order valence-electron chi connectivity index (χ1n) is 11.1. The van der Waals surface area contributed by atoms with Gasteiger partial charge in [0.1, 0.15) is 5.78 Å². The molecule has 0 aromatic rings. The van der Waals surface area contributed by atoms with Crippen LogP contribution in [0.3, 0.4) is 0 Å². The number of carbonyl (C=O) groups excluding carboxylic acids is 1. The highest BCUT2D eigenvalue weighted by atomic mass is 16.7. The smallest absolute Gasteiger partial charge is 0.172 e. The van der Waals surface area contributed by atoms with E-state index < -0.39 is 0 Å².